The Morgan fingerprint density at radius 2 is 2.40 bits per heavy atom. The average Bonchev–Trinajstić information content (AvgIpc) is 2.17. The van der Waals surface area contributed by atoms with E-state index in [1.165, 1.54) is 0 Å². The molecule has 0 aliphatic carbocycles. The van der Waals surface area contributed by atoms with Gasteiger partial charge in [-0.25, -0.2) is 0 Å². The van der Waals surface area contributed by atoms with Crippen molar-refractivity contribution in [3.63, 3.8) is 0 Å². The van der Waals surface area contributed by atoms with Crippen LogP contribution in [0.2, 0.25) is 0 Å². The van der Waals surface area contributed by atoms with Crippen LogP contribution in [-0.2, 0) is 0 Å². The van der Waals surface area contributed by atoms with Crippen molar-refractivity contribution in [1.82, 2.24) is 4.90 Å². The van der Waals surface area contributed by atoms with Gasteiger partial charge in [-0.2, -0.15) is 5.26 Å². The lowest BCUT2D eigenvalue weighted by molar-refractivity contribution is 0.341. The van der Waals surface area contributed by atoms with Crippen LogP contribution in [-0.4, -0.2) is 24.5 Å². The first kappa shape index (κ1) is 7.10. The van der Waals surface area contributed by atoms with Crippen molar-refractivity contribution in [1.29, 1.82) is 5.26 Å². The SMILES string of the molecule is C[C@H]1C(N)=C(C#N)CN1C. The van der Waals surface area contributed by atoms with Crippen LogP contribution >= 0.6 is 0 Å². The van der Waals surface area contributed by atoms with Gasteiger partial charge in [0, 0.05) is 18.3 Å². The molecule has 0 spiro atoms. The smallest absolute Gasteiger partial charge is 0.0979 e. The third-order valence-electron chi connectivity index (χ3n) is 2.00. The van der Waals surface area contributed by atoms with Crippen molar-refractivity contribution in [2.24, 2.45) is 5.73 Å². The minimum Gasteiger partial charge on any atom is -0.400 e. The Morgan fingerprint density at radius 1 is 1.80 bits per heavy atom. The molecule has 0 fully saturated rings. The second-order valence-electron chi connectivity index (χ2n) is 2.64. The zero-order valence-corrected chi connectivity index (χ0v) is 6.26. The fourth-order valence-corrected chi connectivity index (χ4v) is 1.07. The van der Waals surface area contributed by atoms with E-state index in [1.807, 2.05) is 18.9 Å². The molecule has 1 rings (SSSR count). The molecule has 0 aromatic carbocycles. The molecule has 1 aliphatic rings. The molecule has 0 bridgehead atoms. The van der Waals surface area contributed by atoms with Gasteiger partial charge in [0.1, 0.15) is 0 Å². The molecule has 0 aromatic heterocycles. The molecule has 0 saturated carbocycles. The van der Waals surface area contributed by atoms with Crippen LogP contribution in [0.3, 0.4) is 0 Å². The van der Waals surface area contributed by atoms with Crippen molar-refractivity contribution in [2.75, 3.05) is 13.6 Å². The minimum absolute atomic E-state index is 0.231. The molecule has 0 saturated heterocycles. The highest BCUT2D eigenvalue weighted by Gasteiger charge is 2.23. The maximum absolute atomic E-state index is 8.56. The Hall–Kier alpha value is -1.01. The summed E-state index contributed by atoms with van der Waals surface area (Å²) in [5, 5.41) is 8.56. The molecule has 54 valence electrons. The van der Waals surface area contributed by atoms with E-state index in [9.17, 15) is 0 Å². The van der Waals surface area contributed by atoms with E-state index in [1.54, 1.807) is 0 Å². The van der Waals surface area contributed by atoms with Crippen molar-refractivity contribution >= 4 is 0 Å². The number of nitriles is 1. The summed E-state index contributed by atoms with van der Waals surface area (Å²) in [6.07, 6.45) is 0. The minimum atomic E-state index is 0.231. The third kappa shape index (κ3) is 0.869. The quantitative estimate of drug-likeness (QED) is 0.513. The zero-order chi connectivity index (χ0) is 7.72. The second kappa shape index (κ2) is 2.31. The maximum atomic E-state index is 8.56. The van der Waals surface area contributed by atoms with Crippen molar-refractivity contribution in [2.45, 2.75) is 13.0 Å². The Balaban J connectivity index is 2.86. The maximum Gasteiger partial charge on any atom is 0.0979 e. The highest BCUT2D eigenvalue weighted by atomic mass is 15.2. The second-order valence-corrected chi connectivity index (χ2v) is 2.64. The first-order chi connectivity index (χ1) is 4.66. The monoisotopic (exact) mass is 137 g/mol. The summed E-state index contributed by atoms with van der Waals surface area (Å²) < 4.78 is 0. The van der Waals surface area contributed by atoms with Gasteiger partial charge in [-0.1, -0.05) is 0 Å². The van der Waals surface area contributed by atoms with Crippen molar-refractivity contribution in [3.05, 3.63) is 11.3 Å². The van der Waals surface area contributed by atoms with E-state index < -0.39 is 0 Å². The number of likely N-dealkylation sites (N-methyl/N-ethyl adjacent to an activating group) is 1. The molecular weight excluding hydrogens is 126 g/mol. The molecular formula is C7H11N3. The largest absolute Gasteiger partial charge is 0.400 e. The van der Waals surface area contributed by atoms with Gasteiger partial charge in [0.25, 0.3) is 0 Å². The molecule has 1 heterocycles. The molecule has 0 unspecified atom stereocenters. The van der Waals surface area contributed by atoms with Crippen LogP contribution in [0.5, 0.6) is 0 Å². The Morgan fingerprint density at radius 3 is 2.60 bits per heavy atom. The van der Waals surface area contributed by atoms with Gasteiger partial charge in [0.05, 0.1) is 11.6 Å². The average molecular weight is 137 g/mol. The summed E-state index contributed by atoms with van der Waals surface area (Å²) in [5.74, 6) is 0. The Labute approximate surface area is 60.7 Å². The van der Waals surface area contributed by atoms with Crippen molar-refractivity contribution in [3.8, 4) is 6.07 Å². The molecule has 2 N–H and O–H groups in total. The highest BCUT2D eigenvalue weighted by Crippen LogP contribution is 2.17. The van der Waals surface area contributed by atoms with Gasteiger partial charge < -0.3 is 5.73 Å². The van der Waals surface area contributed by atoms with Gasteiger partial charge in [-0.05, 0) is 14.0 Å². The lowest BCUT2D eigenvalue weighted by Crippen LogP contribution is -2.26. The third-order valence-corrected chi connectivity index (χ3v) is 2.00. The Bertz CT molecular complexity index is 211. The molecule has 10 heavy (non-hydrogen) atoms. The highest BCUT2D eigenvalue weighted by molar-refractivity contribution is 5.34. The van der Waals surface area contributed by atoms with E-state index in [2.05, 4.69) is 6.07 Å². The number of hydrogen-bond acceptors (Lipinski definition) is 3. The van der Waals surface area contributed by atoms with Crippen LogP contribution in [0.1, 0.15) is 6.92 Å². The van der Waals surface area contributed by atoms with Gasteiger partial charge in [0.15, 0.2) is 0 Å². The molecule has 1 aliphatic heterocycles. The molecule has 3 nitrogen and oxygen atoms in total. The normalized spacial score (nSPS) is 27.1. The van der Waals surface area contributed by atoms with Crippen LogP contribution in [0.15, 0.2) is 11.3 Å². The number of nitrogens with two attached hydrogens (primary N) is 1. The van der Waals surface area contributed by atoms with Gasteiger partial charge >= 0.3 is 0 Å². The van der Waals surface area contributed by atoms with E-state index in [-0.39, 0.29) is 6.04 Å². The lowest BCUT2D eigenvalue weighted by atomic mass is 10.2. The van der Waals surface area contributed by atoms with E-state index in [4.69, 9.17) is 11.0 Å². The summed E-state index contributed by atoms with van der Waals surface area (Å²) in [5.41, 5.74) is 7.08. The summed E-state index contributed by atoms with van der Waals surface area (Å²) >= 11 is 0. The predicted molar refractivity (Wildman–Crippen MR) is 38.9 cm³/mol. The topological polar surface area (TPSA) is 53.1 Å². The van der Waals surface area contributed by atoms with Crippen LogP contribution in [0, 0.1) is 11.3 Å². The molecule has 0 radical (unpaired) electrons. The van der Waals surface area contributed by atoms with Crippen LogP contribution in [0.4, 0.5) is 0 Å². The number of nitrogens with zero attached hydrogens (tertiary/aromatic N) is 2. The number of hydrogen-bond donors (Lipinski definition) is 1. The number of rotatable bonds is 0. The molecule has 0 amide bonds. The molecule has 0 aromatic rings. The fraction of sp³-hybridized carbons (Fsp3) is 0.571. The standard InChI is InChI=1S/C7H11N3/c1-5-7(9)6(3-8)4-10(5)2/h5H,4,9H2,1-2H3/t5-/m0/s1. The molecule has 3 heteroatoms. The van der Waals surface area contributed by atoms with Gasteiger partial charge in [-0.3, -0.25) is 4.90 Å². The van der Waals surface area contributed by atoms with Gasteiger partial charge in [0.2, 0.25) is 0 Å². The van der Waals surface area contributed by atoms with E-state index in [0.29, 0.717) is 6.54 Å². The van der Waals surface area contributed by atoms with E-state index in [0.717, 1.165) is 11.3 Å². The van der Waals surface area contributed by atoms with Crippen molar-refractivity contribution < 1.29 is 0 Å². The van der Waals surface area contributed by atoms with Crippen LogP contribution < -0.4 is 5.73 Å². The summed E-state index contributed by atoms with van der Waals surface area (Å²) in [6, 6.07) is 2.32. The summed E-state index contributed by atoms with van der Waals surface area (Å²) in [6.45, 7) is 2.70. The zero-order valence-electron chi connectivity index (χ0n) is 6.26. The lowest BCUT2D eigenvalue weighted by Gasteiger charge is -2.14. The van der Waals surface area contributed by atoms with Crippen LogP contribution in [0.25, 0.3) is 0 Å². The summed E-state index contributed by atoms with van der Waals surface area (Å²) in [7, 11) is 1.96. The van der Waals surface area contributed by atoms with Gasteiger partial charge in [-0.15, -0.1) is 0 Å². The fourth-order valence-electron chi connectivity index (χ4n) is 1.07. The Kier molecular flexibility index (Phi) is 1.64. The van der Waals surface area contributed by atoms with E-state index >= 15 is 0 Å². The first-order valence-electron chi connectivity index (χ1n) is 3.25. The predicted octanol–water partition coefficient (Wildman–Crippen LogP) is 0.0567. The molecule has 1 atom stereocenters. The summed E-state index contributed by atoms with van der Waals surface area (Å²) in [4.78, 5) is 2.05. The first-order valence-corrected chi connectivity index (χ1v) is 3.25.